The largest absolute Gasteiger partial charge is 0.481 e. The number of carboxylic acids is 1. The first-order chi connectivity index (χ1) is 8.77. The van der Waals surface area contributed by atoms with Gasteiger partial charge >= 0.3 is 5.97 Å². The molecule has 0 bridgehead atoms. The van der Waals surface area contributed by atoms with Crippen LogP contribution in [0.5, 0.6) is 0 Å². The first kappa shape index (κ1) is 14.0. The SMILES string of the molecule is Cn1nccc1S(=O)(=O)N1CCCC(C)(C(=O)O)C1. The zero-order chi connectivity index (χ0) is 14.3. The molecule has 8 heteroatoms. The predicted molar refractivity (Wildman–Crippen MR) is 66.9 cm³/mol. The molecule has 1 atom stereocenters. The smallest absolute Gasteiger partial charge is 0.310 e. The van der Waals surface area contributed by atoms with Crippen LogP contribution in [0.2, 0.25) is 0 Å². The summed E-state index contributed by atoms with van der Waals surface area (Å²) in [6, 6.07) is 1.42. The van der Waals surface area contributed by atoms with Crippen molar-refractivity contribution >= 4 is 16.0 Å². The molecule has 0 radical (unpaired) electrons. The summed E-state index contributed by atoms with van der Waals surface area (Å²) in [5.74, 6) is -0.961. The molecule has 0 aliphatic carbocycles. The van der Waals surface area contributed by atoms with Crippen LogP contribution in [-0.4, -0.2) is 46.7 Å². The first-order valence-corrected chi connectivity index (χ1v) is 7.43. The van der Waals surface area contributed by atoms with Gasteiger partial charge in [0.25, 0.3) is 10.0 Å². The van der Waals surface area contributed by atoms with E-state index in [1.807, 2.05) is 0 Å². The fraction of sp³-hybridized carbons (Fsp3) is 0.636. The summed E-state index contributed by atoms with van der Waals surface area (Å²) in [7, 11) is -2.13. The van der Waals surface area contributed by atoms with Crippen molar-refractivity contribution in [2.24, 2.45) is 12.5 Å². The Hall–Kier alpha value is -1.41. The molecule has 0 saturated carbocycles. The molecule has 1 N–H and O–H groups in total. The molecule has 1 aromatic heterocycles. The number of aliphatic carboxylic acids is 1. The number of carboxylic acid groups (broad SMARTS) is 1. The Labute approximate surface area is 111 Å². The summed E-state index contributed by atoms with van der Waals surface area (Å²) >= 11 is 0. The summed E-state index contributed by atoms with van der Waals surface area (Å²) in [4.78, 5) is 11.3. The van der Waals surface area contributed by atoms with Crippen molar-refractivity contribution in [1.82, 2.24) is 14.1 Å². The van der Waals surface area contributed by atoms with Crippen LogP contribution in [0.4, 0.5) is 0 Å². The Morgan fingerprint density at radius 3 is 2.74 bits per heavy atom. The zero-order valence-corrected chi connectivity index (χ0v) is 11.7. The summed E-state index contributed by atoms with van der Waals surface area (Å²) in [6.45, 7) is 1.92. The highest BCUT2D eigenvalue weighted by atomic mass is 32.2. The van der Waals surface area contributed by atoms with Crippen molar-refractivity contribution in [3.05, 3.63) is 12.3 Å². The molecule has 1 unspecified atom stereocenters. The quantitative estimate of drug-likeness (QED) is 0.863. The Kier molecular flexibility index (Phi) is 3.40. The number of carbonyl (C=O) groups is 1. The van der Waals surface area contributed by atoms with Gasteiger partial charge < -0.3 is 5.11 Å². The van der Waals surface area contributed by atoms with Crippen LogP contribution in [0.1, 0.15) is 19.8 Å². The van der Waals surface area contributed by atoms with E-state index in [0.717, 1.165) is 0 Å². The van der Waals surface area contributed by atoms with Crippen LogP contribution in [0, 0.1) is 5.41 Å². The molecule has 106 valence electrons. The van der Waals surface area contributed by atoms with Crippen molar-refractivity contribution in [1.29, 1.82) is 0 Å². The van der Waals surface area contributed by atoms with Crippen molar-refractivity contribution in [3.63, 3.8) is 0 Å². The van der Waals surface area contributed by atoms with E-state index in [9.17, 15) is 18.3 Å². The van der Waals surface area contributed by atoms with E-state index < -0.39 is 21.4 Å². The van der Waals surface area contributed by atoms with Gasteiger partial charge in [0, 0.05) is 20.1 Å². The zero-order valence-electron chi connectivity index (χ0n) is 10.9. The van der Waals surface area contributed by atoms with Gasteiger partial charge in [-0.3, -0.25) is 9.48 Å². The van der Waals surface area contributed by atoms with Gasteiger partial charge in [-0.25, -0.2) is 8.42 Å². The summed E-state index contributed by atoms with van der Waals surface area (Å²) < 4.78 is 27.4. The number of sulfonamides is 1. The molecule has 1 saturated heterocycles. The number of rotatable bonds is 3. The number of nitrogens with zero attached hydrogens (tertiary/aromatic N) is 3. The van der Waals surface area contributed by atoms with E-state index in [1.165, 1.54) is 21.3 Å². The third kappa shape index (κ3) is 2.37. The van der Waals surface area contributed by atoms with Gasteiger partial charge in [0.2, 0.25) is 0 Å². The van der Waals surface area contributed by atoms with Crippen LogP contribution in [0.3, 0.4) is 0 Å². The van der Waals surface area contributed by atoms with E-state index in [2.05, 4.69) is 5.10 Å². The van der Waals surface area contributed by atoms with Crippen molar-refractivity contribution in [2.75, 3.05) is 13.1 Å². The molecule has 1 fully saturated rings. The van der Waals surface area contributed by atoms with Crippen LogP contribution >= 0.6 is 0 Å². The Morgan fingerprint density at radius 2 is 2.21 bits per heavy atom. The van der Waals surface area contributed by atoms with Gasteiger partial charge in [-0.2, -0.15) is 9.40 Å². The molecule has 0 aromatic carbocycles. The van der Waals surface area contributed by atoms with Gasteiger partial charge in [-0.05, 0) is 25.8 Å². The lowest BCUT2D eigenvalue weighted by Gasteiger charge is -2.36. The highest BCUT2D eigenvalue weighted by molar-refractivity contribution is 7.89. The molecule has 1 aromatic rings. The van der Waals surface area contributed by atoms with Gasteiger partial charge in [0.05, 0.1) is 11.6 Å². The van der Waals surface area contributed by atoms with Crippen molar-refractivity contribution < 1.29 is 18.3 Å². The number of hydrogen-bond donors (Lipinski definition) is 1. The van der Waals surface area contributed by atoms with Gasteiger partial charge in [0.1, 0.15) is 0 Å². The standard InChI is InChI=1S/C11H17N3O4S/c1-11(10(15)16)5-3-7-14(8-11)19(17,18)9-4-6-12-13(9)2/h4,6H,3,5,7-8H2,1-2H3,(H,15,16). The lowest BCUT2D eigenvalue weighted by atomic mass is 9.83. The number of hydrogen-bond acceptors (Lipinski definition) is 4. The molecule has 0 spiro atoms. The second kappa shape index (κ2) is 4.61. The number of aromatic nitrogens is 2. The van der Waals surface area contributed by atoms with Crippen LogP contribution in [0.15, 0.2) is 17.3 Å². The minimum Gasteiger partial charge on any atom is -0.481 e. The van der Waals surface area contributed by atoms with Gasteiger partial charge in [-0.1, -0.05) is 0 Å². The third-order valence-corrected chi connectivity index (χ3v) is 5.48. The van der Waals surface area contributed by atoms with Crippen LogP contribution in [0.25, 0.3) is 0 Å². The van der Waals surface area contributed by atoms with E-state index in [0.29, 0.717) is 19.4 Å². The third-order valence-electron chi connectivity index (χ3n) is 3.56. The predicted octanol–water partition coefficient (Wildman–Crippen LogP) is 0.295. The van der Waals surface area contributed by atoms with Crippen molar-refractivity contribution in [2.45, 2.75) is 24.8 Å². The second-order valence-corrected chi connectivity index (χ2v) is 6.99. The molecular formula is C11H17N3O4S. The molecular weight excluding hydrogens is 270 g/mol. The lowest BCUT2D eigenvalue weighted by molar-refractivity contribution is -0.150. The molecule has 1 aliphatic heterocycles. The monoisotopic (exact) mass is 287 g/mol. The Morgan fingerprint density at radius 1 is 1.53 bits per heavy atom. The maximum absolute atomic E-state index is 12.5. The summed E-state index contributed by atoms with van der Waals surface area (Å²) in [5.41, 5.74) is -1.02. The Bertz CT molecular complexity index is 595. The fourth-order valence-corrected chi connectivity index (χ4v) is 4.02. The molecule has 7 nitrogen and oxygen atoms in total. The molecule has 1 aliphatic rings. The summed E-state index contributed by atoms with van der Waals surface area (Å²) in [5, 5.41) is 13.2. The summed E-state index contributed by atoms with van der Waals surface area (Å²) in [6.07, 6.45) is 2.44. The lowest BCUT2D eigenvalue weighted by Crippen LogP contribution is -2.48. The minimum absolute atomic E-state index is 0.00412. The topological polar surface area (TPSA) is 92.5 Å². The average Bonchev–Trinajstić information content (AvgIpc) is 2.76. The first-order valence-electron chi connectivity index (χ1n) is 5.99. The van der Waals surface area contributed by atoms with E-state index in [1.54, 1.807) is 14.0 Å². The van der Waals surface area contributed by atoms with Gasteiger partial charge in [-0.15, -0.1) is 0 Å². The molecule has 0 amide bonds. The fourth-order valence-electron chi connectivity index (χ4n) is 2.32. The van der Waals surface area contributed by atoms with E-state index in [4.69, 9.17) is 0 Å². The highest BCUT2D eigenvalue weighted by Gasteiger charge is 2.42. The Balaban J connectivity index is 2.32. The minimum atomic E-state index is -3.68. The van der Waals surface area contributed by atoms with Crippen LogP contribution < -0.4 is 0 Å². The maximum Gasteiger partial charge on any atom is 0.310 e. The maximum atomic E-state index is 12.5. The van der Waals surface area contributed by atoms with Crippen molar-refractivity contribution in [3.8, 4) is 0 Å². The second-order valence-electron chi connectivity index (χ2n) is 5.10. The molecule has 2 heterocycles. The molecule has 19 heavy (non-hydrogen) atoms. The number of piperidine rings is 1. The van der Waals surface area contributed by atoms with E-state index >= 15 is 0 Å². The van der Waals surface area contributed by atoms with E-state index in [-0.39, 0.29) is 11.6 Å². The average molecular weight is 287 g/mol. The normalized spacial score (nSPS) is 25.4. The molecule has 2 rings (SSSR count). The van der Waals surface area contributed by atoms with Gasteiger partial charge in [0.15, 0.2) is 5.03 Å². The highest BCUT2D eigenvalue weighted by Crippen LogP contribution is 2.32. The number of aryl methyl sites for hydroxylation is 1. The van der Waals surface area contributed by atoms with Crippen LogP contribution in [-0.2, 0) is 21.9 Å².